The molecule has 1 radical (unpaired) electrons. The van der Waals surface area contributed by atoms with Crippen molar-refractivity contribution in [1.82, 2.24) is 4.98 Å². The van der Waals surface area contributed by atoms with Crippen LogP contribution >= 0.6 is 0 Å². The van der Waals surface area contributed by atoms with Gasteiger partial charge in [-0.15, -0.1) is 0 Å². The third kappa shape index (κ3) is 2.22. The van der Waals surface area contributed by atoms with E-state index in [2.05, 4.69) is 11.9 Å². The van der Waals surface area contributed by atoms with E-state index in [1.165, 1.54) is 0 Å². The fourth-order valence-corrected chi connectivity index (χ4v) is 0.804. The first-order chi connectivity index (χ1) is 5.34. The summed E-state index contributed by atoms with van der Waals surface area (Å²) in [6, 6.07) is 3.78. The van der Waals surface area contributed by atoms with Gasteiger partial charge in [-0.2, -0.15) is 0 Å². The molecule has 0 amide bonds. The Kier molecular flexibility index (Phi) is 2.90. The molecule has 0 bridgehead atoms. The molecular weight excluding hydrogens is 138 g/mol. The van der Waals surface area contributed by atoms with Gasteiger partial charge in [0.1, 0.15) is 5.75 Å². The minimum absolute atomic E-state index is 0.659. The third-order valence-electron chi connectivity index (χ3n) is 1.36. The Morgan fingerprint density at radius 3 is 3.09 bits per heavy atom. The van der Waals surface area contributed by atoms with Gasteiger partial charge < -0.3 is 4.74 Å². The summed E-state index contributed by atoms with van der Waals surface area (Å²) in [5.74, 6) is 0.858. The average Bonchev–Trinajstić information content (AvgIpc) is 2.03. The van der Waals surface area contributed by atoms with Gasteiger partial charge in [0.05, 0.1) is 12.3 Å². The second-order valence-electron chi connectivity index (χ2n) is 2.29. The molecule has 2 nitrogen and oxygen atoms in total. The smallest absolute Gasteiger partial charge is 0.140 e. The Labute approximate surface area is 67.2 Å². The average molecular weight is 150 g/mol. The van der Waals surface area contributed by atoms with Crippen molar-refractivity contribution in [2.75, 3.05) is 6.61 Å². The maximum atomic E-state index is 5.36. The first-order valence-electron chi connectivity index (χ1n) is 3.68. The maximum Gasteiger partial charge on any atom is 0.140 e. The minimum Gasteiger partial charge on any atom is -0.492 e. The molecule has 0 saturated carbocycles. The lowest BCUT2D eigenvalue weighted by molar-refractivity contribution is 0.320. The van der Waals surface area contributed by atoms with E-state index in [-0.39, 0.29) is 0 Å². The van der Waals surface area contributed by atoms with Gasteiger partial charge in [0.15, 0.2) is 0 Å². The van der Waals surface area contributed by atoms with Gasteiger partial charge in [-0.1, -0.05) is 0 Å². The van der Waals surface area contributed by atoms with Crippen molar-refractivity contribution in [3.63, 3.8) is 0 Å². The van der Waals surface area contributed by atoms with Crippen LogP contribution in [0.2, 0.25) is 0 Å². The van der Waals surface area contributed by atoms with E-state index >= 15 is 0 Å². The summed E-state index contributed by atoms with van der Waals surface area (Å²) in [6.45, 7) is 6.27. The van der Waals surface area contributed by atoms with Crippen LogP contribution in [0.5, 0.6) is 5.75 Å². The molecule has 0 N–H and O–H groups in total. The van der Waals surface area contributed by atoms with Crippen molar-refractivity contribution in [3.05, 3.63) is 30.9 Å². The fraction of sp³-hybridized carbons (Fsp3) is 0.333. The molecule has 1 aromatic rings. The van der Waals surface area contributed by atoms with Gasteiger partial charge in [0, 0.05) is 6.20 Å². The van der Waals surface area contributed by atoms with Gasteiger partial charge in [0.2, 0.25) is 0 Å². The number of aryl methyl sites for hydroxylation is 1. The summed E-state index contributed by atoms with van der Waals surface area (Å²) in [6.07, 6.45) is 2.54. The zero-order chi connectivity index (χ0) is 8.10. The molecule has 0 aromatic carbocycles. The topological polar surface area (TPSA) is 22.1 Å². The molecule has 11 heavy (non-hydrogen) atoms. The molecule has 0 spiro atoms. The number of nitrogens with zero attached hydrogens (tertiary/aromatic N) is 1. The van der Waals surface area contributed by atoms with Crippen LogP contribution in [-0.4, -0.2) is 11.6 Å². The first-order valence-corrected chi connectivity index (χ1v) is 3.68. The summed E-state index contributed by atoms with van der Waals surface area (Å²) in [5.41, 5.74) is 0.931. The van der Waals surface area contributed by atoms with E-state index in [0.717, 1.165) is 17.9 Å². The molecule has 0 fully saturated rings. The molecular formula is C9H12NO. The van der Waals surface area contributed by atoms with Gasteiger partial charge in [-0.25, -0.2) is 0 Å². The highest BCUT2D eigenvalue weighted by Crippen LogP contribution is 2.13. The Balaban J connectivity index is 2.62. The highest BCUT2D eigenvalue weighted by Gasteiger charge is 1.95. The van der Waals surface area contributed by atoms with E-state index < -0.39 is 0 Å². The predicted octanol–water partition coefficient (Wildman–Crippen LogP) is 1.99. The predicted molar refractivity (Wildman–Crippen MR) is 44.4 cm³/mol. The molecule has 0 atom stereocenters. The van der Waals surface area contributed by atoms with Crippen LogP contribution in [0.15, 0.2) is 18.3 Å². The quantitative estimate of drug-likeness (QED) is 0.657. The van der Waals surface area contributed by atoms with E-state index in [0.29, 0.717) is 6.61 Å². The minimum atomic E-state index is 0.659. The lowest BCUT2D eigenvalue weighted by Crippen LogP contribution is -1.97. The number of aromatic nitrogens is 1. The van der Waals surface area contributed by atoms with Gasteiger partial charge in [0.25, 0.3) is 0 Å². The van der Waals surface area contributed by atoms with Gasteiger partial charge in [-0.05, 0) is 32.4 Å². The summed E-state index contributed by atoms with van der Waals surface area (Å²) in [5, 5.41) is 0. The molecule has 0 unspecified atom stereocenters. The lowest BCUT2D eigenvalue weighted by atomic mass is 10.3. The zero-order valence-electron chi connectivity index (χ0n) is 6.71. The first kappa shape index (κ1) is 8.05. The third-order valence-corrected chi connectivity index (χ3v) is 1.36. The number of hydrogen-bond donors (Lipinski definition) is 0. The van der Waals surface area contributed by atoms with Crippen molar-refractivity contribution in [1.29, 1.82) is 0 Å². The molecule has 1 rings (SSSR count). The number of ether oxygens (including phenoxy) is 1. The van der Waals surface area contributed by atoms with E-state index in [9.17, 15) is 0 Å². The Morgan fingerprint density at radius 2 is 2.45 bits per heavy atom. The maximum absolute atomic E-state index is 5.36. The highest BCUT2D eigenvalue weighted by atomic mass is 16.5. The van der Waals surface area contributed by atoms with Crippen LogP contribution in [-0.2, 0) is 0 Å². The van der Waals surface area contributed by atoms with Crippen molar-refractivity contribution >= 4 is 0 Å². The molecule has 0 aliphatic carbocycles. The number of rotatable bonds is 3. The van der Waals surface area contributed by atoms with Crippen LogP contribution in [0.25, 0.3) is 0 Å². The highest BCUT2D eigenvalue weighted by molar-refractivity contribution is 5.25. The Bertz CT molecular complexity index is 223. The van der Waals surface area contributed by atoms with Crippen LogP contribution in [0.1, 0.15) is 12.1 Å². The zero-order valence-corrected chi connectivity index (χ0v) is 6.71. The molecule has 0 saturated heterocycles. The largest absolute Gasteiger partial charge is 0.492 e. The van der Waals surface area contributed by atoms with Gasteiger partial charge in [-0.3, -0.25) is 4.98 Å². The fourth-order valence-electron chi connectivity index (χ4n) is 0.804. The van der Waals surface area contributed by atoms with Crippen molar-refractivity contribution in [2.45, 2.75) is 13.3 Å². The molecule has 2 heteroatoms. The standard InChI is InChI=1S/C9H12NO/c1-3-7-11-9-5-4-6-10-8(9)2/h4-6H,1,3,7H2,2H3. The Hall–Kier alpha value is -1.05. The van der Waals surface area contributed by atoms with E-state index in [1.54, 1.807) is 6.20 Å². The van der Waals surface area contributed by atoms with E-state index in [4.69, 9.17) is 4.74 Å². The van der Waals surface area contributed by atoms with Crippen LogP contribution in [0.4, 0.5) is 0 Å². The number of pyridine rings is 1. The van der Waals surface area contributed by atoms with Crippen LogP contribution in [0.3, 0.4) is 0 Å². The summed E-state index contributed by atoms with van der Waals surface area (Å²) in [4.78, 5) is 4.09. The molecule has 1 aromatic heterocycles. The van der Waals surface area contributed by atoms with Gasteiger partial charge >= 0.3 is 0 Å². The van der Waals surface area contributed by atoms with Crippen molar-refractivity contribution in [3.8, 4) is 5.75 Å². The SMILES string of the molecule is [CH2]CCOc1cccnc1C. The second-order valence-corrected chi connectivity index (χ2v) is 2.29. The summed E-state index contributed by atoms with van der Waals surface area (Å²) >= 11 is 0. The van der Waals surface area contributed by atoms with E-state index in [1.807, 2.05) is 19.1 Å². The molecule has 0 aliphatic rings. The molecule has 0 aliphatic heterocycles. The second kappa shape index (κ2) is 3.96. The van der Waals surface area contributed by atoms with Crippen LogP contribution < -0.4 is 4.74 Å². The lowest BCUT2D eigenvalue weighted by Gasteiger charge is -2.05. The molecule has 59 valence electrons. The van der Waals surface area contributed by atoms with Crippen LogP contribution in [0, 0.1) is 13.8 Å². The monoisotopic (exact) mass is 150 g/mol. The van der Waals surface area contributed by atoms with Crippen molar-refractivity contribution in [2.24, 2.45) is 0 Å². The summed E-state index contributed by atoms with van der Waals surface area (Å²) in [7, 11) is 0. The summed E-state index contributed by atoms with van der Waals surface area (Å²) < 4.78 is 5.36. The normalized spacial score (nSPS) is 9.64. The molecule has 1 heterocycles. The number of hydrogen-bond acceptors (Lipinski definition) is 2. The Morgan fingerprint density at radius 1 is 1.64 bits per heavy atom. The van der Waals surface area contributed by atoms with Crippen molar-refractivity contribution < 1.29 is 4.74 Å².